The number of aromatic nitrogens is 3. The highest BCUT2D eigenvalue weighted by molar-refractivity contribution is 6.16. The number of carbonyl (C=O) groups excluding carboxylic acids is 1. The van der Waals surface area contributed by atoms with Crippen LogP contribution in [0.4, 0.5) is 11.5 Å². The molecule has 1 amide bonds. The van der Waals surface area contributed by atoms with Crippen LogP contribution in [-0.4, -0.2) is 40.9 Å². The van der Waals surface area contributed by atoms with Gasteiger partial charge in [0.15, 0.2) is 17.1 Å². The van der Waals surface area contributed by atoms with Crippen molar-refractivity contribution in [1.82, 2.24) is 14.1 Å². The van der Waals surface area contributed by atoms with Crippen LogP contribution in [0.3, 0.4) is 0 Å². The Hall–Kier alpha value is -4.80. The summed E-state index contributed by atoms with van der Waals surface area (Å²) in [5.74, 6) is 0.755. The van der Waals surface area contributed by atoms with Gasteiger partial charge in [-0.1, -0.05) is 6.07 Å². The molecule has 11 nitrogen and oxygen atoms in total. The number of methoxy groups -OCH3 is 2. The van der Waals surface area contributed by atoms with Crippen LogP contribution in [-0.2, 0) is 14.1 Å². The van der Waals surface area contributed by atoms with Crippen LogP contribution in [0.5, 0.6) is 17.2 Å². The predicted molar refractivity (Wildman–Crippen MR) is 141 cm³/mol. The van der Waals surface area contributed by atoms with Crippen LogP contribution < -0.4 is 36.5 Å². The molecule has 3 N–H and O–H groups in total. The fraction of sp³-hybridized carbons (Fsp3) is 0.231. The molecule has 0 atom stereocenters. The maximum Gasteiger partial charge on any atom is 0.332 e. The lowest BCUT2D eigenvalue weighted by atomic mass is 9.96. The standard InChI is InChI=1S/C26H27N5O6/c1-6-37-16-10-8-15(9-11-16)28-24(32)20-19(14-7-12-17(35-4)18(13-14)36-5)21-23(29-22(20)27)30(2)26(34)31(3)25(21)33/h7-13H,6H2,1-5H3,(H2,27,29)(H,28,32). The number of benzene rings is 2. The Labute approximate surface area is 212 Å². The van der Waals surface area contributed by atoms with Crippen molar-refractivity contribution in [2.45, 2.75) is 6.92 Å². The number of hydrogen-bond acceptors (Lipinski definition) is 8. The molecule has 0 aliphatic rings. The van der Waals surface area contributed by atoms with Crippen LogP contribution in [0.15, 0.2) is 52.1 Å². The number of anilines is 2. The summed E-state index contributed by atoms with van der Waals surface area (Å²) in [6.45, 7) is 2.39. The van der Waals surface area contributed by atoms with E-state index in [-0.39, 0.29) is 28.0 Å². The minimum absolute atomic E-state index is 0.0237. The summed E-state index contributed by atoms with van der Waals surface area (Å²) in [4.78, 5) is 43.9. The number of aryl methyl sites for hydroxylation is 1. The third-order valence-corrected chi connectivity index (χ3v) is 5.94. The third kappa shape index (κ3) is 4.46. The van der Waals surface area contributed by atoms with Gasteiger partial charge in [-0.25, -0.2) is 9.78 Å². The first-order valence-corrected chi connectivity index (χ1v) is 11.4. The zero-order valence-corrected chi connectivity index (χ0v) is 21.1. The van der Waals surface area contributed by atoms with E-state index in [9.17, 15) is 14.4 Å². The van der Waals surface area contributed by atoms with Gasteiger partial charge in [-0.3, -0.25) is 18.7 Å². The van der Waals surface area contributed by atoms with Crippen LogP contribution in [0.25, 0.3) is 22.2 Å². The van der Waals surface area contributed by atoms with Gasteiger partial charge in [0.05, 0.1) is 31.8 Å². The second-order valence-electron chi connectivity index (χ2n) is 8.13. The van der Waals surface area contributed by atoms with Crippen molar-refractivity contribution in [2.75, 3.05) is 31.9 Å². The summed E-state index contributed by atoms with van der Waals surface area (Å²) >= 11 is 0. The van der Waals surface area contributed by atoms with E-state index < -0.39 is 17.2 Å². The van der Waals surface area contributed by atoms with Gasteiger partial charge in [0.2, 0.25) is 0 Å². The van der Waals surface area contributed by atoms with E-state index in [4.69, 9.17) is 19.9 Å². The van der Waals surface area contributed by atoms with Gasteiger partial charge in [-0.2, -0.15) is 0 Å². The number of amides is 1. The lowest BCUT2D eigenvalue weighted by Gasteiger charge is -2.18. The Morgan fingerprint density at radius 3 is 2.30 bits per heavy atom. The number of pyridine rings is 1. The summed E-state index contributed by atoms with van der Waals surface area (Å²) in [5.41, 5.74) is 6.28. The first-order valence-electron chi connectivity index (χ1n) is 11.4. The van der Waals surface area contributed by atoms with Crippen molar-refractivity contribution < 1.29 is 19.0 Å². The molecule has 2 heterocycles. The number of carbonyl (C=O) groups is 1. The Balaban J connectivity index is 2.01. The first-order chi connectivity index (χ1) is 17.7. The van der Waals surface area contributed by atoms with Gasteiger partial charge in [0.1, 0.15) is 11.6 Å². The number of rotatable bonds is 7. The zero-order chi connectivity index (χ0) is 26.9. The third-order valence-electron chi connectivity index (χ3n) is 5.94. The lowest BCUT2D eigenvalue weighted by molar-refractivity contribution is 0.102. The van der Waals surface area contributed by atoms with E-state index in [0.717, 1.165) is 4.57 Å². The first kappa shape index (κ1) is 25.3. The molecule has 0 spiro atoms. The van der Waals surface area contributed by atoms with E-state index in [1.165, 1.54) is 32.9 Å². The van der Waals surface area contributed by atoms with Crippen molar-refractivity contribution >= 4 is 28.4 Å². The molecule has 0 radical (unpaired) electrons. The average molecular weight is 506 g/mol. The maximum atomic E-state index is 13.6. The van der Waals surface area contributed by atoms with Crippen LogP contribution in [0.2, 0.25) is 0 Å². The Morgan fingerprint density at radius 2 is 1.68 bits per heavy atom. The van der Waals surface area contributed by atoms with Crippen molar-refractivity contribution in [3.8, 4) is 28.4 Å². The fourth-order valence-electron chi connectivity index (χ4n) is 4.11. The van der Waals surface area contributed by atoms with Gasteiger partial charge in [-0.15, -0.1) is 0 Å². The minimum Gasteiger partial charge on any atom is -0.494 e. The average Bonchev–Trinajstić information content (AvgIpc) is 2.90. The van der Waals surface area contributed by atoms with Gasteiger partial charge in [0, 0.05) is 25.3 Å². The molecule has 192 valence electrons. The van der Waals surface area contributed by atoms with E-state index in [1.807, 2.05) is 6.92 Å². The topological polar surface area (TPSA) is 140 Å². The molecule has 0 unspecified atom stereocenters. The molecular formula is C26H27N5O6. The largest absolute Gasteiger partial charge is 0.494 e. The number of nitrogens with zero attached hydrogens (tertiary/aromatic N) is 3. The molecule has 37 heavy (non-hydrogen) atoms. The summed E-state index contributed by atoms with van der Waals surface area (Å²) in [6, 6.07) is 11.8. The van der Waals surface area contributed by atoms with E-state index in [1.54, 1.807) is 42.5 Å². The summed E-state index contributed by atoms with van der Waals surface area (Å²) in [5, 5.41) is 2.86. The molecule has 11 heteroatoms. The van der Waals surface area contributed by atoms with Crippen molar-refractivity contribution in [1.29, 1.82) is 0 Å². The van der Waals surface area contributed by atoms with E-state index in [2.05, 4.69) is 10.3 Å². The van der Waals surface area contributed by atoms with E-state index >= 15 is 0 Å². The van der Waals surface area contributed by atoms with Gasteiger partial charge >= 0.3 is 5.69 Å². The Kier molecular flexibility index (Phi) is 6.87. The Bertz CT molecular complexity index is 1620. The molecule has 0 fully saturated rings. The van der Waals surface area contributed by atoms with Crippen molar-refractivity contribution in [2.24, 2.45) is 14.1 Å². The Morgan fingerprint density at radius 1 is 1.00 bits per heavy atom. The van der Waals surface area contributed by atoms with Gasteiger partial charge in [-0.05, 0) is 48.9 Å². The number of hydrogen-bond donors (Lipinski definition) is 2. The van der Waals surface area contributed by atoms with Crippen LogP contribution >= 0.6 is 0 Å². The summed E-state index contributed by atoms with van der Waals surface area (Å²) in [6.07, 6.45) is 0. The number of nitrogen functional groups attached to an aromatic ring is 1. The number of fused-ring (bicyclic) bond motifs is 1. The smallest absolute Gasteiger partial charge is 0.332 e. The minimum atomic E-state index is -0.620. The summed E-state index contributed by atoms with van der Waals surface area (Å²) in [7, 11) is 5.81. The molecular weight excluding hydrogens is 478 g/mol. The molecule has 0 saturated carbocycles. The normalized spacial score (nSPS) is 10.8. The van der Waals surface area contributed by atoms with Crippen molar-refractivity contribution in [3.05, 3.63) is 68.9 Å². The second kappa shape index (κ2) is 10.1. The maximum absolute atomic E-state index is 13.6. The van der Waals surface area contributed by atoms with Crippen LogP contribution in [0.1, 0.15) is 17.3 Å². The SMILES string of the molecule is CCOc1ccc(NC(=O)c2c(N)nc3c(c2-c2ccc(OC)c(OC)c2)c(=O)n(C)c(=O)n3C)cc1. The molecule has 4 aromatic rings. The number of nitrogens with one attached hydrogen (secondary N) is 1. The predicted octanol–water partition coefficient (Wildman–Crippen LogP) is 2.55. The molecule has 0 aliphatic carbocycles. The summed E-state index contributed by atoms with van der Waals surface area (Å²) < 4.78 is 18.4. The molecule has 2 aromatic carbocycles. The highest BCUT2D eigenvalue weighted by Crippen LogP contribution is 2.37. The molecule has 0 saturated heterocycles. The van der Waals surface area contributed by atoms with E-state index in [0.29, 0.717) is 35.1 Å². The zero-order valence-electron chi connectivity index (χ0n) is 21.1. The second-order valence-corrected chi connectivity index (χ2v) is 8.13. The number of nitrogens with two attached hydrogens (primary N) is 1. The lowest BCUT2D eigenvalue weighted by Crippen LogP contribution is -2.38. The van der Waals surface area contributed by atoms with Crippen molar-refractivity contribution in [3.63, 3.8) is 0 Å². The highest BCUT2D eigenvalue weighted by atomic mass is 16.5. The molecule has 0 aliphatic heterocycles. The van der Waals surface area contributed by atoms with Gasteiger partial charge < -0.3 is 25.3 Å². The number of ether oxygens (including phenoxy) is 3. The highest BCUT2D eigenvalue weighted by Gasteiger charge is 2.26. The molecule has 2 aromatic heterocycles. The van der Waals surface area contributed by atoms with Gasteiger partial charge in [0.25, 0.3) is 11.5 Å². The van der Waals surface area contributed by atoms with Crippen LogP contribution in [0, 0.1) is 0 Å². The molecule has 4 rings (SSSR count). The molecule has 0 bridgehead atoms. The quantitative estimate of drug-likeness (QED) is 0.391. The monoisotopic (exact) mass is 505 g/mol. The fourth-order valence-corrected chi connectivity index (χ4v) is 4.11.